The van der Waals surface area contributed by atoms with Gasteiger partial charge in [0.05, 0.1) is 5.76 Å². The molecular formula is C20H29NO3. The van der Waals surface area contributed by atoms with Gasteiger partial charge in [-0.05, 0) is 50.8 Å². The second-order valence-electron chi connectivity index (χ2n) is 7.16. The van der Waals surface area contributed by atoms with Crippen LogP contribution in [0.3, 0.4) is 0 Å². The van der Waals surface area contributed by atoms with Gasteiger partial charge in [-0.15, -0.1) is 0 Å². The molecule has 4 nitrogen and oxygen atoms in total. The highest BCUT2D eigenvalue weighted by Crippen LogP contribution is 2.21. The van der Waals surface area contributed by atoms with Crippen LogP contribution in [0.2, 0.25) is 0 Å². The number of allylic oxidation sites excluding steroid dienone is 4. The van der Waals surface area contributed by atoms with Gasteiger partial charge in [0.2, 0.25) is 0 Å². The minimum Gasteiger partial charge on any atom is -0.512 e. The Bertz CT molecular complexity index is 618. The van der Waals surface area contributed by atoms with Crippen LogP contribution in [0, 0.1) is 5.92 Å². The molecule has 0 aliphatic carbocycles. The van der Waals surface area contributed by atoms with Gasteiger partial charge in [-0.3, -0.25) is 0 Å². The van der Waals surface area contributed by atoms with E-state index in [2.05, 4.69) is 19.2 Å². The Morgan fingerprint density at radius 1 is 1.33 bits per heavy atom. The summed E-state index contributed by atoms with van der Waals surface area (Å²) in [5.41, 5.74) is 2.12. The average molecular weight is 331 g/mol. The minimum absolute atomic E-state index is 0.268. The van der Waals surface area contributed by atoms with Crippen LogP contribution in [-0.4, -0.2) is 16.8 Å². The number of alkyl carbamates (subject to hydrolysis) is 1. The van der Waals surface area contributed by atoms with Gasteiger partial charge in [-0.25, -0.2) is 4.79 Å². The van der Waals surface area contributed by atoms with Crippen molar-refractivity contribution in [2.24, 2.45) is 5.92 Å². The summed E-state index contributed by atoms with van der Waals surface area (Å²) in [7, 11) is 0. The van der Waals surface area contributed by atoms with Crippen molar-refractivity contribution in [1.29, 1.82) is 0 Å². The van der Waals surface area contributed by atoms with Gasteiger partial charge >= 0.3 is 6.09 Å². The first-order valence-electron chi connectivity index (χ1n) is 8.22. The Kier molecular flexibility index (Phi) is 7.08. The van der Waals surface area contributed by atoms with Gasteiger partial charge in [-0.1, -0.05) is 44.2 Å². The van der Waals surface area contributed by atoms with Gasteiger partial charge in [0.15, 0.2) is 0 Å². The number of benzene rings is 1. The molecule has 0 atom stereocenters. The first-order valence-corrected chi connectivity index (χ1v) is 8.22. The summed E-state index contributed by atoms with van der Waals surface area (Å²) < 4.78 is 5.23. The van der Waals surface area contributed by atoms with E-state index in [1.165, 1.54) is 0 Å². The summed E-state index contributed by atoms with van der Waals surface area (Å²) in [6.45, 7) is 11.7. The van der Waals surface area contributed by atoms with E-state index in [1.54, 1.807) is 6.92 Å². The van der Waals surface area contributed by atoms with Gasteiger partial charge < -0.3 is 15.2 Å². The third kappa shape index (κ3) is 7.36. The summed E-state index contributed by atoms with van der Waals surface area (Å²) in [6.07, 6.45) is 3.53. The Morgan fingerprint density at radius 3 is 2.54 bits per heavy atom. The normalized spacial score (nSPS) is 13.1. The number of carbonyl (C=O) groups excluding carboxylic acids is 1. The predicted octanol–water partition coefficient (Wildman–Crippen LogP) is 5.21. The first-order chi connectivity index (χ1) is 11.1. The minimum atomic E-state index is -0.516. The molecule has 0 saturated heterocycles. The van der Waals surface area contributed by atoms with Crippen LogP contribution in [0.25, 0.3) is 5.57 Å². The highest BCUT2D eigenvalue weighted by Gasteiger charge is 2.15. The molecule has 0 saturated carbocycles. The Labute approximate surface area is 145 Å². The zero-order chi connectivity index (χ0) is 18.3. The molecule has 0 aliphatic rings. The molecule has 0 unspecified atom stereocenters. The van der Waals surface area contributed by atoms with Crippen molar-refractivity contribution in [3.63, 3.8) is 0 Å². The lowest BCUT2D eigenvalue weighted by molar-refractivity contribution is 0.0523. The maximum absolute atomic E-state index is 11.7. The zero-order valence-corrected chi connectivity index (χ0v) is 15.5. The molecule has 2 N–H and O–H groups in total. The number of carbonyl (C=O) groups is 1. The smallest absolute Gasteiger partial charge is 0.407 e. The summed E-state index contributed by atoms with van der Waals surface area (Å²) in [4.78, 5) is 11.7. The summed E-state index contributed by atoms with van der Waals surface area (Å²) in [5, 5.41) is 12.7. The van der Waals surface area contributed by atoms with Crippen molar-refractivity contribution in [1.82, 2.24) is 5.32 Å². The van der Waals surface area contributed by atoms with Crippen molar-refractivity contribution in [2.75, 3.05) is 0 Å². The number of rotatable bonds is 5. The van der Waals surface area contributed by atoms with E-state index in [0.29, 0.717) is 12.5 Å². The van der Waals surface area contributed by atoms with Gasteiger partial charge in [0, 0.05) is 12.1 Å². The van der Waals surface area contributed by atoms with Crippen LogP contribution < -0.4 is 5.32 Å². The molecule has 0 spiro atoms. The van der Waals surface area contributed by atoms with E-state index in [-0.39, 0.29) is 5.76 Å². The van der Waals surface area contributed by atoms with Crippen molar-refractivity contribution in [3.05, 3.63) is 53.3 Å². The van der Waals surface area contributed by atoms with Crippen LogP contribution in [0.4, 0.5) is 4.79 Å². The van der Waals surface area contributed by atoms with Crippen molar-refractivity contribution < 1.29 is 14.6 Å². The summed E-state index contributed by atoms with van der Waals surface area (Å²) in [5.74, 6) is 0.667. The van der Waals surface area contributed by atoms with E-state index in [1.807, 2.05) is 57.2 Å². The SMILES string of the molecule is C/C(O)=C(\C=C/C(C)C)c1cccc(CNC(=O)OC(C)(C)C)c1. The number of hydrogen-bond donors (Lipinski definition) is 2. The average Bonchev–Trinajstić information content (AvgIpc) is 2.43. The number of nitrogens with one attached hydrogen (secondary N) is 1. The molecule has 0 heterocycles. The topological polar surface area (TPSA) is 58.6 Å². The largest absolute Gasteiger partial charge is 0.512 e. The molecule has 4 heteroatoms. The predicted molar refractivity (Wildman–Crippen MR) is 98.7 cm³/mol. The van der Waals surface area contributed by atoms with E-state index >= 15 is 0 Å². The van der Waals surface area contributed by atoms with E-state index in [9.17, 15) is 9.90 Å². The van der Waals surface area contributed by atoms with E-state index < -0.39 is 11.7 Å². The fourth-order valence-electron chi connectivity index (χ4n) is 2.05. The van der Waals surface area contributed by atoms with Crippen LogP contribution >= 0.6 is 0 Å². The van der Waals surface area contributed by atoms with E-state index in [0.717, 1.165) is 16.7 Å². The number of aliphatic hydroxyl groups excluding tert-OH is 1. The number of aliphatic hydroxyl groups is 1. The third-order valence-electron chi connectivity index (χ3n) is 3.11. The van der Waals surface area contributed by atoms with Gasteiger partial charge in [0.1, 0.15) is 5.60 Å². The summed E-state index contributed by atoms with van der Waals surface area (Å²) in [6, 6.07) is 7.73. The highest BCUT2D eigenvalue weighted by molar-refractivity contribution is 5.75. The van der Waals surface area contributed by atoms with Crippen molar-refractivity contribution >= 4 is 11.7 Å². The molecule has 1 aromatic carbocycles. The Hall–Kier alpha value is -2.23. The third-order valence-corrected chi connectivity index (χ3v) is 3.11. The fraction of sp³-hybridized carbons (Fsp3) is 0.450. The molecule has 0 aromatic heterocycles. The standard InChI is InChI=1S/C20H29NO3/c1-14(2)10-11-18(15(3)22)17-9-7-8-16(12-17)13-21-19(23)24-20(4,5)6/h7-12,14,22H,13H2,1-6H3,(H,21,23)/b11-10-,18-15-. The summed E-state index contributed by atoms with van der Waals surface area (Å²) >= 11 is 0. The van der Waals surface area contributed by atoms with Gasteiger partial charge in [-0.2, -0.15) is 0 Å². The van der Waals surface area contributed by atoms with E-state index in [4.69, 9.17) is 4.74 Å². The van der Waals surface area contributed by atoms with Crippen LogP contribution in [-0.2, 0) is 11.3 Å². The molecule has 0 fully saturated rings. The van der Waals surface area contributed by atoms with Crippen LogP contribution in [0.15, 0.2) is 42.2 Å². The second-order valence-corrected chi connectivity index (χ2v) is 7.16. The molecular weight excluding hydrogens is 302 g/mol. The molecule has 0 bridgehead atoms. The Morgan fingerprint density at radius 2 is 2.00 bits per heavy atom. The maximum Gasteiger partial charge on any atom is 0.407 e. The fourth-order valence-corrected chi connectivity index (χ4v) is 2.05. The maximum atomic E-state index is 11.7. The number of amides is 1. The quantitative estimate of drug-likeness (QED) is 0.575. The zero-order valence-electron chi connectivity index (χ0n) is 15.5. The lowest BCUT2D eigenvalue weighted by Crippen LogP contribution is -2.32. The lowest BCUT2D eigenvalue weighted by atomic mass is 10.0. The molecule has 1 aromatic rings. The molecule has 0 radical (unpaired) electrons. The monoisotopic (exact) mass is 331 g/mol. The second kappa shape index (κ2) is 8.57. The molecule has 1 amide bonds. The van der Waals surface area contributed by atoms with Crippen molar-refractivity contribution in [2.45, 2.75) is 53.7 Å². The molecule has 0 aliphatic heterocycles. The van der Waals surface area contributed by atoms with Crippen LogP contribution in [0.1, 0.15) is 52.7 Å². The molecule has 132 valence electrons. The lowest BCUT2D eigenvalue weighted by Gasteiger charge is -2.19. The number of hydrogen-bond acceptors (Lipinski definition) is 3. The highest BCUT2D eigenvalue weighted by atomic mass is 16.6. The van der Waals surface area contributed by atoms with Gasteiger partial charge in [0.25, 0.3) is 0 Å². The number of ether oxygens (including phenoxy) is 1. The van der Waals surface area contributed by atoms with Crippen molar-refractivity contribution in [3.8, 4) is 0 Å². The first kappa shape index (κ1) is 19.8. The van der Waals surface area contributed by atoms with Crippen LogP contribution in [0.5, 0.6) is 0 Å². The molecule has 24 heavy (non-hydrogen) atoms. The Balaban J connectivity index is 2.86. The molecule has 1 rings (SSSR count).